The normalized spacial score (nSPS) is 20.4. The van der Waals surface area contributed by atoms with Crippen molar-refractivity contribution in [3.05, 3.63) is 47.8 Å². The van der Waals surface area contributed by atoms with E-state index in [1.165, 1.54) is 18.5 Å². The van der Waals surface area contributed by atoms with E-state index in [9.17, 15) is 13.2 Å². The fraction of sp³-hybridized carbons (Fsp3) is 0.500. The van der Waals surface area contributed by atoms with Gasteiger partial charge in [-0.1, -0.05) is 18.2 Å². The molecule has 0 amide bonds. The van der Waals surface area contributed by atoms with Gasteiger partial charge in [0.1, 0.15) is 12.1 Å². The van der Waals surface area contributed by atoms with Crippen molar-refractivity contribution >= 4 is 5.82 Å². The molecule has 1 saturated carbocycles. The van der Waals surface area contributed by atoms with Crippen LogP contribution in [0.2, 0.25) is 0 Å². The van der Waals surface area contributed by atoms with Gasteiger partial charge in [-0.25, -0.2) is 9.97 Å². The summed E-state index contributed by atoms with van der Waals surface area (Å²) in [5.74, 6) is 1.40. The van der Waals surface area contributed by atoms with Crippen LogP contribution < -0.4 is 9.64 Å². The van der Waals surface area contributed by atoms with Gasteiger partial charge in [0.25, 0.3) is 0 Å². The highest BCUT2D eigenvalue weighted by Crippen LogP contribution is 2.36. The Kier molecular flexibility index (Phi) is 5.14. The van der Waals surface area contributed by atoms with Gasteiger partial charge in [0.15, 0.2) is 0 Å². The third kappa shape index (κ3) is 4.22. The highest BCUT2D eigenvalue weighted by atomic mass is 19.4. The topological polar surface area (TPSA) is 41.5 Å². The van der Waals surface area contributed by atoms with Crippen molar-refractivity contribution in [3.63, 3.8) is 0 Å². The van der Waals surface area contributed by atoms with Crippen LogP contribution in [0.1, 0.15) is 30.4 Å². The van der Waals surface area contributed by atoms with Crippen LogP contribution in [-0.4, -0.2) is 47.2 Å². The van der Waals surface area contributed by atoms with Gasteiger partial charge in [-0.05, 0) is 30.9 Å². The molecule has 4 rings (SSSR count). The van der Waals surface area contributed by atoms with Gasteiger partial charge in [-0.2, -0.15) is 13.2 Å². The Morgan fingerprint density at radius 2 is 1.96 bits per heavy atom. The Morgan fingerprint density at radius 1 is 1.14 bits per heavy atom. The van der Waals surface area contributed by atoms with Gasteiger partial charge >= 0.3 is 6.18 Å². The quantitative estimate of drug-likeness (QED) is 0.749. The summed E-state index contributed by atoms with van der Waals surface area (Å²) < 4.78 is 44.1. The van der Waals surface area contributed by atoms with Crippen molar-refractivity contribution in [3.8, 4) is 5.88 Å². The summed E-state index contributed by atoms with van der Waals surface area (Å²) in [5, 5.41) is 0. The Labute approximate surface area is 162 Å². The third-order valence-electron chi connectivity index (χ3n) is 5.34. The van der Waals surface area contributed by atoms with Crippen molar-refractivity contribution in [2.45, 2.75) is 44.1 Å². The maximum Gasteiger partial charge on any atom is 0.416 e. The summed E-state index contributed by atoms with van der Waals surface area (Å²) in [6.07, 6.45) is 0.436. The van der Waals surface area contributed by atoms with E-state index in [1.807, 2.05) is 6.07 Å². The van der Waals surface area contributed by atoms with E-state index in [1.54, 1.807) is 13.2 Å². The maximum atomic E-state index is 13.0. The van der Waals surface area contributed by atoms with Crippen LogP contribution in [0.5, 0.6) is 5.88 Å². The molecule has 150 valence electrons. The lowest BCUT2D eigenvalue weighted by atomic mass is 10.1. The second-order valence-electron chi connectivity index (χ2n) is 7.43. The molecular weight excluding hydrogens is 369 g/mol. The number of hydrogen-bond donors (Lipinski definition) is 0. The molecule has 1 unspecified atom stereocenters. The third-order valence-corrected chi connectivity index (χ3v) is 5.34. The van der Waals surface area contributed by atoms with Crippen molar-refractivity contribution in [2.75, 3.05) is 25.1 Å². The monoisotopic (exact) mass is 392 g/mol. The van der Waals surface area contributed by atoms with E-state index in [-0.39, 0.29) is 6.04 Å². The lowest BCUT2D eigenvalue weighted by Crippen LogP contribution is -2.39. The van der Waals surface area contributed by atoms with Crippen molar-refractivity contribution in [2.24, 2.45) is 0 Å². The van der Waals surface area contributed by atoms with Crippen LogP contribution in [0.4, 0.5) is 19.0 Å². The van der Waals surface area contributed by atoms with Crippen LogP contribution in [0.25, 0.3) is 0 Å². The highest BCUT2D eigenvalue weighted by molar-refractivity contribution is 5.45. The second-order valence-corrected chi connectivity index (χ2v) is 7.43. The number of hydrogen-bond acceptors (Lipinski definition) is 5. The molecule has 0 spiro atoms. The van der Waals surface area contributed by atoms with Gasteiger partial charge in [0, 0.05) is 37.8 Å². The zero-order valence-electron chi connectivity index (χ0n) is 15.7. The molecule has 2 aliphatic rings. The first-order valence-corrected chi connectivity index (χ1v) is 9.47. The summed E-state index contributed by atoms with van der Waals surface area (Å²) in [5.41, 5.74) is 0.102. The summed E-state index contributed by atoms with van der Waals surface area (Å²) in [6.45, 7) is 2.18. The largest absolute Gasteiger partial charge is 0.481 e. The first-order chi connectivity index (χ1) is 13.4. The van der Waals surface area contributed by atoms with E-state index in [0.717, 1.165) is 44.2 Å². The number of methoxy groups -OCH3 is 1. The van der Waals surface area contributed by atoms with E-state index in [0.29, 0.717) is 24.0 Å². The Bertz CT molecular complexity index is 825. The Hall–Kier alpha value is -2.35. The average molecular weight is 392 g/mol. The fourth-order valence-electron chi connectivity index (χ4n) is 3.89. The lowest BCUT2D eigenvalue weighted by molar-refractivity contribution is -0.137. The molecule has 1 aliphatic heterocycles. The van der Waals surface area contributed by atoms with Crippen LogP contribution in [0.15, 0.2) is 36.7 Å². The minimum Gasteiger partial charge on any atom is -0.481 e. The summed E-state index contributed by atoms with van der Waals surface area (Å²) in [6, 6.07) is 8.23. The number of nitrogens with zero attached hydrogens (tertiary/aromatic N) is 4. The number of alkyl halides is 3. The lowest BCUT2D eigenvalue weighted by Gasteiger charge is -2.30. The smallest absolute Gasteiger partial charge is 0.416 e. The first kappa shape index (κ1) is 19.0. The number of anilines is 1. The highest BCUT2D eigenvalue weighted by Gasteiger charge is 2.38. The summed E-state index contributed by atoms with van der Waals surface area (Å²) in [7, 11) is 1.58. The molecule has 0 bridgehead atoms. The predicted octanol–water partition coefficient (Wildman–Crippen LogP) is 3.75. The Balaban J connectivity index is 1.45. The molecule has 1 aliphatic carbocycles. The second kappa shape index (κ2) is 7.58. The zero-order chi connectivity index (χ0) is 19.7. The van der Waals surface area contributed by atoms with E-state index >= 15 is 0 Å². The SMILES string of the molecule is COc1cc(N(C2CC2)C2CCN(Cc3cccc(C(F)(F)F)c3)C2)ncn1. The molecule has 5 nitrogen and oxygen atoms in total. The molecule has 2 aromatic rings. The van der Waals surface area contributed by atoms with Crippen LogP contribution in [0.3, 0.4) is 0 Å². The van der Waals surface area contributed by atoms with Gasteiger partial charge in [0.05, 0.1) is 12.7 Å². The van der Waals surface area contributed by atoms with E-state index in [2.05, 4.69) is 19.8 Å². The molecule has 1 atom stereocenters. The maximum absolute atomic E-state index is 13.0. The van der Waals surface area contributed by atoms with E-state index < -0.39 is 11.7 Å². The van der Waals surface area contributed by atoms with Crippen LogP contribution >= 0.6 is 0 Å². The predicted molar refractivity (Wildman–Crippen MR) is 99.2 cm³/mol. The molecule has 0 N–H and O–H groups in total. The molecule has 0 radical (unpaired) electrons. The minimum atomic E-state index is -4.31. The Morgan fingerprint density at radius 3 is 2.68 bits per heavy atom. The molecule has 1 aromatic heterocycles. The fourth-order valence-corrected chi connectivity index (χ4v) is 3.89. The summed E-state index contributed by atoms with van der Waals surface area (Å²) in [4.78, 5) is 13.1. The van der Waals surface area contributed by atoms with Crippen LogP contribution in [0, 0.1) is 0 Å². The van der Waals surface area contributed by atoms with Crippen molar-refractivity contribution in [1.82, 2.24) is 14.9 Å². The number of likely N-dealkylation sites (tertiary alicyclic amines) is 1. The minimum absolute atomic E-state index is 0.290. The van der Waals surface area contributed by atoms with Gasteiger partial charge in [-0.3, -0.25) is 4.90 Å². The molecule has 28 heavy (non-hydrogen) atoms. The molecule has 1 aromatic carbocycles. The molecule has 1 saturated heterocycles. The molecular formula is C20H23F3N4O. The number of aromatic nitrogens is 2. The van der Waals surface area contributed by atoms with Gasteiger partial charge in [0.2, 0.25) is 5.88 Å². The number of halogens is 3. The van der Waals surface area contributed by atoms with Crippen LogP contribution in [-0.2, 0) is 12.7 Å². The molecule has 2 fully saturated rings. The average Bonchev–Trinajstić information content (AvgIpc) is 3.41. The number of rotatable bonds is 6. The first-order valence-electron chi connectivity index (χ1n) is 9.47. The summed E-state index contributed by atoms with van der Waals surface area (Å²) >= 11 is 0. The molecule has 2 heterocycles. The number of benzene rings is 1. The van der Waals surface area contributed by atoms with Crippen molar-refractivity contribution < 1.29 is 17.9 Å². The zero-order valence-corrected chi connectivity index (χ0v) is 15.7. The van der Waals surface area contributed by atoms with Gasteiger partial charge in [-0.15, -0.1) is 0 Å². The van der Waals surface area contributed by atoms with E-state index in [4.69, 9.17) is 4.74 Å². The van der Waals surface area contributed by atoms with Crippen molar-refractivity contribution in [1.29, 1.82) is 0 Å². The number of ether oxygens (including phenoxy) is 1. The van der Waals surface area contributed by atoms with Gasteiger partial charge < -0.3 is 9.64 Å². The standard InChI is InChI=1S/C20H23F3N4O/c1-28-19-10-18(24-13-25-19)27(16-5-6-16)17-7-8-26(12-17)11-14-3-2-4-15(9-14)20(21,22)23/h2-4,9-10,13,16-17H,5-8,11-12H2,1H3. The molecule has 8 heteroatoms.